The first-order valence-corrected chi connectivity index (χ1v) is 9.23. The van der Waals surface area contributed by atoms with E-state index >= 15 is 0 Å². The average molecular weight is 401 g/mol. The number of nitrogens with zero attached hydrogens (tertiary/aromatic N) is 1. The zero-order chi connectivity index (χ0) is 18.7. The lowest BCUT2D eigenvalue weighted by molar-refractivity contribution is -0.139. The van der Waals surface area contributed by atoms with Crippen LogP contribution in [0.1, 0.15) is 35.6 Å². The maximum absolute atomic E-state index is 12.5. The molecule has 0 radical (unpaired) electrons. The molecule has 0 saturated heterocycles. The number of carboxylic acids is 1. The topological polar surface area (TPSA) is 79.3 Å². The van der Waals surface area contributed by atoms with Crippen LogP contribution in [0.25, 0.3) is 10.6 Å². The number of thiazole rings is 1. The fourth-order valence-corrected chi connectivity index (χ4v) is 4.06. The fraction of sp³-hybridized carbons (Fsp3) is 0.353. The van der Waals surface area contributed by atoms with Crippen molar-refractivity contribution in [2.75, 3.05) is 0 Å². The number of amides is 1. The summed E-state index contributed by atoms with van der Waals surface area (Å²) < 4.78 is 0. The van der Waals surface area contributed by atoms with Crippen molar-refractivity contribution in [2.24, 2.45) is 5.92 Å². The number of aryl methyl sites for hydroxylation is 1. The molecule has 0 saturated carbocycles. The zero-order valence-corrected chi connectivity index (χ0v) is 16.3. The van der Waals surface area contributed by atoms with Crippen molar-refractivity contribution in [3.05, 3.63) is 38.8 Å². The molecule has 25 heavy (non-hydrogen) atoms. The van der Waals surface area contributed by atoms with E-state index in [1.54, 1.807) is 25.1 Å². The minimum absolute atomic E-state index is 0.140. The third kappa shape index (κ3) is 4.71. The molecule has 8 heteroatoms. The standard InChI is InChI=1S/C17H18Cl2N2O3S/c1-8(2)7-12(17(23)24)21-15(22)14-9(3)20-16(25-14)13-10(18)5-4-6-11(13)19/h4-6,8,12H,7H2,1-3H3,(H,21,22)(H,23,24)/t12-/m0/s1. The van der Waals surface area contributed by atoms with Gasteiger partial charge in [-0.1, -0.05) is 43.1 Å². The number of hydrogen-bond donors (Lipinski definition) is 2. The third-order valence-corrected chi connectivity index (χ3v) is 5.29. The summed E-state index contributed by atoms with van der Waals surface area (Å²) in [5.74, 6) is -1.38. The van der Waals surface area contributed by atoms with E-state index < -0.39 is 17.9 Å². The van der Waals surface area contributed by atoms with E-state index in [2.05, 4.69) is 10.3 Å². The first kappa shape index (κ1) is 19.7. The van der Waals surface area contributed by atoms with E-state index in [-0.39, 0.29) is 5.92 Å². The molecule has 0 fully saturated rings. The number of carbonyl (C=O) groups is 2. The summed E-state index contributed by atoms with van der Waals surface area (Å²) in [4.78, 5) is 28.6. The molecule has 0 spiro atoms. The van der Waals surface area contributed by atoms with Crippen molar-refractivity contribution in [3.63, 3.8) is 0 Å². The Morgan fingerprint density at radius 1 is 1.28 bits per heavy atom. The monoisotopic (exact) mass is 400 g/mol. The molecule has 2 rings (SSSR count). The van der Waals surface area contributed by atoms with Gasteiger partial charge in [-0.3, -0.25) is 4.79 Å². The number of carboxylic acid groups (broad SMARTS) is 1. The predicted molar refractivity (Wildman–Crippen MR) is 101 cm³/mol. The molecule has 134 valence electrons. The van der Waals surface area contributed by atoms with Gasteiger partial charge in [-0.15, -0.1) is 11.3 Å². The number of halogens is 2. The molecule has 0 aliphatic carbocycles. The molecule has 1 amide bonds. The van der Waals surface area contributed by atoms with Crippen LogP contribution in [0.5, 0.6) is 0 Å². The van der Waals surface area contributed by atoms with Gasteiger partial charge in [-0.05, 0) is 31.4 Å². The molecule has 5 nitrogen and oxygen atoms in total. The van der Waals surface area contributed by atoms with Gasteiger partial charge in [0, 0.05) is 5.56 Å². The molecular weight excluding hydrogens is 383 g/mol. The highest BCUT2D eigenvalue weighted by Crippen LogP contribution is 2.37. The summed E-state index contributed by atoms with van der Waals surface area (Å²) in [6, 6.07) is 4.18. The SMILES string of the molecule is Cc1nc(-c2c(Cl)cccc2Cl)sc1C(=O)N[C@@H](CC(C)C)C(=O)O. The van der Waals surface area contributed by atoms with E-state index in [1.165, 1.54) is 0 Å². The van der Waals surface area contributed by atoms with Crippen molar-refractivity contribution in [1.29, 1.82) is 0 Å². The van der Waals surface area contributed by atoms with Gasteiger partial charge in [0.2, 0.25) is 0 Å². The molecule has 2 aromatic rings. The number of hydrogen-bond acceptors (Lipinski definition) is 4. The fourth-order valence-electron chi connectivity index (χ4n) is 2.33. The predicted octanol–water partition coefficient (Wildman–Crippen LogP) is 4.65. The molecule has 0 bridgehead atoms. The van der Waals surface area contributed by atoms with E-state index in [9.17, 15) is 14.7 Å². The quantitative estimate of drug-likeness (QED) is 0.738. The Hall–Kier alpha value is -1.63. The summed E-state index contributed by atoms with van der Waals surface area (Å²) in [5.41, 5.74) is 1.07. The van der Waals surface area contributed by atoms with Crippen LogP contribution in [-0.4, -0.2) is 28.0 Å². The van der Waals surface area contributed by atoms with Crippen molar-refractivity contribution in [2.45, 2.75) is 33.2 Å². The smallest absolute Gasteiger partial charge is 0.326 e. The van der Waals surface area contributed by atoms with Crippen molar-refractivity contribution < 1.29 is 14.7 Å². The lowest BCUT2D eigenvalue weighted by atomic mass is 10.0. The second-order valence-electron chi connectivity index (χ2n) is 6.02. The first-order chi connectivity index (χ1) is 11.7. The third-order valence-electron chi connectivity index (χ3n) is 3.49. The average Bonchev–Trinajstić information content (AvgIpc) is 2.87. The molecule has 0 aliphatic heterocycles. The molecule has 1 aromatic carbocycles. The second kappa shape index (κ2) is 8.17. The number of carbonyl (C=O) groups excluding carboxylic acids is 1. The molecule has 2 N–H and O–H groups in total. The summed E-state index contributed by atoms with van der Waals surface area (Å²) in [7, 11) is 0. The van der Waals surface area contributed by atoms with Crippen LogP contribution >= 0.6 is 34.5 Å². The molecule has 0 unspecified atom stereocenters. The maximum atomic E-state index is 12.5. The van der Waals surface area contributed by atoms with Gasteiger partial charge in [0.1, 0.15) is 15.9 Å². The Morgan fingerprint density at radius 3 is 2.40 bits per heavy atom. The molecule has 1 aromatic heterocycles. The maximum Gasteiger partial charge on any atom is 0.326 e. The van der Waals surface area contributed by atoms with Gasteiger partial charge in [-0.2, -0.15) is 0 Å². The van der Waals surface area contributed by atoms with Gasteiger partial charge in [0.15, 0.2) is 0 Å². The summed E-state index contributed by atoms with van der Waals surface area (Å²) in [6.45, 7) is 5.49. The van der Waals surface area contributed by atoms with Gasteiger partial charge >= 0.3 is 5.97 Å². The van der Waals surface area contributed by atoms with Crippen LogP contribution in [0, 0.1) is 12.8 Å². The number of benzene rings is 1. The lowest BCUT2D eigenvalue weighted by Crippen LogP contribution is -2.41. The van der Waals surface area contributed by atoms with E-state index in [4.69, 9.17) is 23.2 Å². The minimum Gasteiger partial charge on any atom is -0.480 e. The molecule has 1 atom stereocenters. The molecular formula is C17H18Cl2N2O3S. The van der Waals surface area contributed by atoms with Crippen LogP contribution in [0.2, 0.25) is 10.0 Å². The Kier molecular flexibility index (Phi) is 6.43. The first-order valence-electron chi connectivity index (χ1n) is 7.66. The summed E-state index contributed by atoms with van der Waals surface area (Å²) in [5, 5.41) is 13.3. The zero-order valence-electron chi connectivity index (χ0n) is 14.0. The van der Waals surface area contributed by atoms with Crippen LogP contribution in [0.15, 0.2) is 18.2 Å². The van der Waals surface area contributed by atoms with Crippen molar-refractivity contribution >= 4 is 46.4 Å². The number of aromatic nitrogens is 1. The van der Waals surface area contributed by atoms with E-state index in [0.717, 1.165) is 11.3 Å². The largest absolute Gasteiger partial charge is 0.480 e. The molecule has 0 aliphatic rings. The van der Waals surface area contributed by atoms with Gasteiger partial charge in [-0.25, -0.2) is 9.78 Å². The van der Waals surface area contributed by atoms with Gasteiger partial charge in [0.25, 0.3) is 5.91 Å². The van der Waals surface area contributed by atoms with E-state index in [0.29, 0.717) is 37.6 Å². The number of nitrogens with one attached hydrogen (secondary N) is 1. The highest BCUT2D eigenvalue weighted by molar-refractivity contribution is 7.17. The lowest BCUT2D eigenvalue weighted by Gasteiger charge is -2.15. The highest BCUT2D eigenvalue weighted by Gasteiger charge is 2.25. The second-order valence-corrected chi connectivity index (χ2v) is 7.84. The normalized spacial score (nSPS) is 12.2. The summed E-state index contributed by atoms with van der Waals surface area (Å²) in [6.07, 6.45) is 0.349. The Labute approximate surface area is 160 Å². The highest BCUT2D eigenvalue weighted by atomic mass is 35.5. The van der Waals surface area contributed by atoms with Crippen LogP contribution < -0.4 is 5.32 Å². The minimum atomic E-state index is -1.06. The van der Waals surface area contributed by atoms with Gasteiger partial charge in [0.05, 0.1) is 15.7 Å². The van der Waals surface area contributed by atoms with Gasteiger partial charge < -0.3 is 10.4 Å². The Balaban J connectivity index is 2.30. The summed E-state index contributed by atoms with van der Waals surface area (Å²) >= 11 is 13.5. The Morgan fingerprint density at radius 2 is 1.88 bits per heavy atom. The van der Waals surface area contributed by atoms with E-state index in [1.807, 2.05) is 13.8 Å². The van der Waals surface area contributed by atoms with Crippen molar-refractivity contribution in [1.82, 2.24) is 10.3 Å². The van der Waals surface area contributed by atoms with Crippen LogP contribution in [0.3, 0.4) is 0 Å². The van der Waals surface area contributed by atoms with Crippen molar-refractivity contribution in [3.8, 4) is 10.6 Å². The molecule has 1 heterocycles. The Bertz CT molecular complexity index is 785. The van der Waals surface area contributed by atoms with Crippen LogP contribution in [0.4, 0.5) is 0 Å². The van der Waals surface area contributed by atoms with Crippen LogP contribution in [-0.2, 0) is 4.79 Å². The number of rotatable bonds is 6. The number of aliphatic carboxylic acids is 1.